The van der Waals surface area contributed by atoms with Crippen molar-refractivity contribution in [3.63, 3.8) is 0 Å². The molecule has 2 nitrogen and oxygen atoms in total. The van der Waals surface area contributed by atoms with Gasteiger partial charge in [-0.3, -0.25) is 0 Å². The molecule has 1 aliphatic heterocycles. The maximum absolute atomic E-state index is 3.21. The molecule has 0 aromatic carbocycles. The van der Waals surface area contributed by atoms with E-state index in [0.717, 1.165) is 0 Å². The molecule has 0 atom stereocenters. The minimum Gasteiger partial charge on any atom is -0.320 e. The molecule has 1 fully saturated rings. The van der Waals surface area contributed by atoms with Gasteiger partial charge in [-0.05, 0) is 64.3 Å². The fourth-order valence-electron chi connectivity index (χ4n) is 2.37. The fourth-order valence-corrected chi connectivity index (χ4v) is 2.37. The topological polar surface area (TPSA) is 15.3 Å². The van der Waals surface area contributed by atoms with Gasteiger partial charge in [0.25, 0.3) is 0 Å². The van der Waals surface area contributed by atoms with Gasteiger partial charge in [0.15, 0.2) is 0 Å². The number of unbranched alkanes of at least 4 members (excludes halogenated alkanes) is 3. The zero-order valence-corrected chi connectivity index (χ0v) is 11.5. The van der Waals surface area contributed by atoms with Gasteiger partial charge in [-0.2, -0.15) is 0 Å². The number of rotatable bonds is 7. The van der Waals surface area contributed by atoms with Crippen LogP contribution in [0.15, 0.2) is 0 Å². The van der Waals surface area contributed by atoms with E-state index < -0.39 is 0 Å². The van der Waals surface area contributed by atoms with Crippen LogP contribution in [-0.2, 0) is 0 Å². The molecule has 16 heavy (non-hydrogen) atoms. The van der Waals surface area contributed by atoms with Crippen LogP contribution in [0.1, 0.15) is 52.4 Å². The summed E-state index contributed by atoms with van der Waals surface area (Å²) in [6, 6.07) is 0. The second-order valence-electron chi connectivity index (χ2n) is 6.02. The first-order chi connectivity index (χ1) is 7.64. The summed E-state index contributed by atoms with van der Waals surface area (Å²) in [5.41, 5.74) is 0.600. The molecule has 1 rings (SSSR count). The van der Waals surface area contributed by atoms with E-state index in [1.54, 1.807) is 0 Å². The fraction of sp³-hybridized carbons (Fsp3) is 1.00. The lowest BCUT2D eigenvalue weighted by Crippen LogP contribution is -2.37. The van der Waals surface area contributed by atoms with Gasteiger partial charge in [-0.25, -0.2) is 0 Å². The molecule has 0 bridgehead atoms. The molecule has 0 aromatic rings. The number of likely N-dealkylation sites (tertiary alicyclic amines) is 1. The van der Waals surface area contributed by atoms with Crippen LogP contribution < -0.4 is 5.32 Å². The molecule has 1 aliphatic rings. The molecular formula is C14H30N2. The van der Waals surface area contributed by atoms with Gasteiger partial charge in [-0.1, -0.05) is 26.7 Å². The van der Waals surface area contributed by atoms with Crippen molar-refractivity contribution >= 4 is 0 Å². The predicted octanol–water partition coefficient (Wildman–Crippen LogP) is 2.89. The lowest BCUT2D eigenvalue weighted by Gasteiger charge is -2.36. The van der Waals surface area contributed by atoms with Crippen molar-refractivity contribution in [2.24, 2.45) is 5.41 Å². The van der Waals surface area contributed by atoms with Crippen molar-refractivity contribution in [2.75, 3.05) is 33.2 Å². The normalized spacial score (nSPS) is 21.2. The highest BCUT2D eigenvalue weighted by atomic mass is 15.1. The molecule has 0 aliphatic carbocycles. The zero-order chi connectivity index (χ0) is 11.9. The van der Waals surface area contributed by atoms with Crippen molar-refractivity contribution < 1.29 is 0 Å². The molecule has 1 heterocycles. The van der Waals surface area contributed by atoms with Crippen LogP contribution in [0.4, 0.5) is 0 Å². The van der Waals surface area contributed by atoms with Crippen molar-refractivity contribution in [3.8, 4) is 0 Å². The first-order valence-corrected chi connectivity index (χ1v) is 7.01. The molecule has 0 radical (unpaired) electrons. The smallest absolute Gasteiger partial charge is 0.00136 e. The van der Waals surface area contributed by atoms with E-state index in [2.05, 4.69) is 24.1 Å². The zero-order valence-electron chi connectivity index (χ0n) is 11.5. The molecule has 1 N–H and O–H groups in total. The second kappa shape index (κ2) is 7.29. The molecular weight excluding hydrogens is 196 g/mol. The largest absolute Gasteiger partial charge is 0.320 e. The minimum atomic E-state index is 0.600. The van der Waals surface area contributed by atoms with Gasteiger partial charge >= 0.3 is 0 Å². The Morgan fingerprint density at radius 3 is 2.25 bits per heavy atom. The molecule has 0 aromatic heterocycles. The average molecular weight is 226 g/mol. The summed E-state index contributed by atoms with van der Waals surface area (Å²) in [4.78, 5) is 2.66. The molecule has 1 saturated heterocycles. The summed E-state index contributed by atoms with van der Waals surface area (Å²) < 4.78 is 0. The number of hydrogen-bond donors (Lipinski definition) is 1. The third kappa shape index (κ3) is 5.86. The first kappa shape index (κ1) is 14.0. The van der Waals surface area contributed by atoms with E-state index in [1.807, 2.05) is 7.05 Å². The Morgan fingerprint density at radius 1 is 1.00 bits per heavy atom. The standard InChI is InChI=1S/C14H30N2/c1-14(2)8-12-16(13-9-14)11-7-5-4-6-10-15-3/h15H,4-13H2,1-3H3. The van der Waals surface area contributed by atoms with Crippen LogP contribution in [0.2, 0.25) is 0 Å². The van der Waals surface area contributed by atoms with Crippen LogP contribution in [0.5, 0.6) is 0 Å². The monoisotopic (exact) mass is 226 g/mol. The lowest BCUT2D eigenvalue weighted by molar-refractivity contribution is 0.131. The van der Waals surface area contributed by atoms with E-state index in [-0.39, 0.29) is 0 Å². The number of hydrogen-bond acceptors (Lipinski definition) is 2. The first-order valence-electron chi connectivity index (χ1n) is 7.01. The van der Waals surface area contributed by atoms with Crippen LogP contribution >= 0.6 is 0 Å². The molecule has 0 saturated carbocycles. The number of nitrogens with one attached hydrogen (secondary N) is 1. The van der Waals surface area contributed by atoms with Crippen LogP contribution in [0, 0.1) is 5.41 Å². The summed E-state index contributed by atoms with van der Waals surface area (Å²) in [6.45, 7) is 9.96. The molecule has 2 heteroatoms. The van der Waals surface area contributed by atoms with E-state index in [9.17, 15) is 0 Å². The SMILES string of the molecule is CNCCCCCCN1CCC(C)(C)CC1. The average Bonchev–Trinajstić information content (AvgIpc) is 2.25. The molecule has 0 spiro atoms. The second-order valence-corrected chi connectivity index (χ2v) is 6.02. The highest BCUT2D eigenvalue weighted by Gasteiger charge is 2.24. The highest BCUT2D eigenvalue weighted by Crippen LogP contribution is 2.29. The predicted molar refractivity (Wildman–Crippen MR) is 71.8 cm³/mol. The Hall–Kier alpha value is -0.0800. The van der Waals surface area contributed by atoms with Gasteiger partial charge in [-0.15, -0.1) is 0 Å². The highest BCUT2D eigenvalue weighted by molar-refractivity contribution is 4.78. The number of piperidine rings is 1. The maximum atomic E-state index is 3.21. The van der Waals surface area contributed by atoms with Gasteiger partial charge in [0.2, 0.25) is 0 Å². The Morgan fingerprint density at radius 2 is 1.62 bits per heavy atom. The van der Waals surface area contributed by atoms with E-state index in [1.165, 1.54) is 64.7 Å². The van der Waals surface area contributed by atoms with Crippen molar-refractivity contribution in [1.29, 1.82) is 0 Å². The third-order valence-electron chi connectivity index (χ3n) is 3.86. The lowest BCUT2D eigenvalue weighted by atomic mass is 9.82. The Balaban J connectivity index is 1.94. The van der Waals surface area contributed by atoms with E-state index in [4.69, 9.17) is 0 Å². The number of nitrogens with zero attached hydrogens (tertiary/aromatic N) is 1. The van der Waals surface area contributed by atoms with Crippen LogP contribution in [0.25, 0.3) is 0 Å². The van der Waals surface area contributed by atoms with Crippen molar-refractivity contribution in [3.05, 3.63) is 0 Å². The quantitative estimate of drug-likeness (QED) is 0.672. The van der Waals surface area contributed by atoms with Gasteiger partial charge in [0.1, 0.15) is 0 Å². The maximum Gasteiger partial charge on any atom is -0.00136 e. The summed E-state index contributed by atoms with van der Waals surface area (Å²) >= 11 is 0. The van der Waals surface area contributed by atoms with E-state index >= 15 is 0 Å². The molecule has 96 valence electrons. The van der Waals surface area contributed by atoms with Crippen LogP contribution in [-0.4, -0.2) is 38.1 Å². The Bertz CT molecular complexity index is 168. The third-order valence-corrected chi connectivity index (χ3v) is 3.86. The van der Waals surface area contributed by atoms with Gasteiger partial charge in [0.05, 0.1) is 0 Å². The summed E-state index contributed by atoms with van der Waals surface area (Å²) in [6.07, 6.45) is 8.29. The molecule has 0 amide bonds. The molecule has 0 unspecified atom stereocenters. The summed E-state index contributed by atoms with van der Waals surface area (Å²) in [7, 11) is 2.04. The van der Waals surface area contributed by atoms with Crippen molar-refractivity contribution in [2.45, 2.75) is 52.4 Å². The van der Waals surface area contributed by atoms with E-state index in [0.29, 0.717) is 5.41 Å². The Labute approximate surface area is 102 Å². The summed E-state index contributed by atoms with van der Waals surface area (Å²) in [5, 5.41) is 3.21. The van der Waals surface area contributed by atoms with Gasteiger partial charge in [0, 0.05) is 0 Å². The van der Waals surface area contributed by atoms with Crippen molar-refractivity contribution in [1.82, 2.24) is 10.2 Å². The van der Waals surface area contributed by atoms with Gasteiger partial charge < -0.3 is 10.2 Å². The Kier molecular flexibility index (Phi) is 6.37. The van der Waals surface area contributed by atoms with Crippen LogP contribution in [0.3, 0.4) is 0 Å². The summed E-state index contributed by atoms with van der Waals surface area (Å²) in [5.74, 6) is 0. The minimum absolute atomic E-state index is 0.600.